The Labute approximate surface area is 183 Å². The smallest absolute Gasteiger partial charge is 0.290 e. The molecule has 168 valence electrons. The van der Waals surface area contributed by atoms with Gasteiger partial charge in [0.1, 0.15) is 11.9 Å². The summed E-state index contributed by atoms with van der Waals surface area (Å²) < 4.78 is 5.39. The van der Waals surface area contributed by atoms with Gasteiger partial charge in [0.25, 0.3) is 6.47 Å². The minimum atomic E-state index is -0.250. The zero-order valence-corrected chi connectivity index (χ0v) is 18.0. The van der Waals surface area contributed by atoms with Gasteiger partial charge < -0.3 is 19.6 Å². The molecule has 0 spiro atoms. The van der Waals surface area contributed by atoms with Crippen LogP contribution in [0.1, 0.15) is 44.1 Å². The van der Waals surface area contributed by atoms with E-state index in [0.29, 0.717) is 11.5 Å². The maximum atomic E-state index is 12.7. The monoisotopic (exact) mass is 428 g/mol. The SMILES string of the molecule is N#Cc1ccc(N2CCC(C3CCN(C(=O)C4CCOCC4)CC3)CC2)nc1.O=CO. The van der Waals surface area contributed by atoms with Gasteiger partial charge in [0, 0.05) is 51.5 Å². The number of carbonyl (C=O) groups is 2. The standard InChI is InChI=1S/C22H30N4O2.CH2O2/c23-15-17-1-2-21(24-16-17)25-9-3-18(4-10-25)19-5-11-26(12-6-19)22(27)20-7-13-28-14-8-20;2-1-3/h1-2,16,18-20H,3-14H2;1H,(H,2,3). The molecule has 8 heteroatoms. The zero-order chi connectivity index (χ0) is 22.1. The van der Waals surface area contributed by atoms with Crippen molar-refractivity contribution in [2.45, 2.75) is 38.5 Å². The molecule has 0 aliphatic carbocycles. The summed E-state index contributed by atoms with van der Waals surface area (Å²) in [6, 6.07) is 5.93. The number of piperidine rings is 2. The molecule has 3 saturated heterocycles. The Hall–Kier alpha value is -2.66. The average Bonchev–Trinajstić information content (AvgIpc) is 2.85. The van der Waals surface area contributed by atoms with E-state index in [9.17, 15) is 4.79 Å². The highest BCUT2D eigenvalue weighted by atomic mass is 16.5. The number of rotatable bonds is 3. The third kappa shape index (κ3) is 6.17. The average molecular weight is 429 g/mol. The molecule has 0 bridgehead atoms. The summed E-state index contributed by atoms with van der Waals surface area (Å²) in [5.74, 6) is 3.04. The van der Waals surface area contributed by atoms with Crippen LogP contribution >= 0.6 is 0 Å². The molecule has 0 unspecified atom stereocenters. The van der Waals surface area contributed by atoms with Crippen molar-refractivity contribution in [1.29, 1.82) is 5.26 Å². The lowest BCUT2D eigenvalue weighted by Gasteiger charge is -2.41. The Balaban J connectivity index is 0.000000858. The molecule has 1 aromatic heterocycles. The highest BCUT2D eigenvalue weighted by Crippen LogP contribution is 2.34. The third-order valence-corrected chi connectivity index (χ3v) is 6.83. The molecule has 31 heavy (non-hydrogen) atoms. The van der Waals surface area contributed by atoms with Crippen LogP contribution in [0.5, 0.6) is 0 Å². The lowest BCUT2D eigenvalue weighted by atomic mass is 9.78. The minimum absolute atomic E-state index is 0.188. The Bertz CT molecular complexity index is 742. The molecule has 3 aliphatic rings. The van der Waals surface area contributed by atoms with E-state index in [1.165, 1.54) is 12.8 Å². The molecule has 4 rings (SSSR count). The first kappa shape index (κ1) is 23.0. The quantitative estimate of drug-likeness (QED) is 0.737. The first-order valence-corrected chi connectivity index (χ1v) is 11.2. The van der Waals surface area contributed by atoms with Gasteiger partial charge in [-0.05, 0) is 62.5 Å². The van der Waals surface area contributed by atoms with Crippen molar-refractivity contribution in [3.8, 4) is 6.07 Å². The molecule has 3 aliphatic heterocycles. The van der Waals surface area contributed by atoms with Crippen molar-refractivity contribution in [1.82, 2.24) is 9.88 Å². The fourth-order valence-electron chi connectivity index (χ4n) is 5.03. The molecule has 0 radical (unpaired) electrons. The normalized spacial score (nSPS) is 21.0. The number of pyridine rings is 1. The van der Waals surface area contributed by atoms with E-state index in [2.05, 4.69) is 20.9 Å². The number of hydrogen-bond donors (Lipinski definition) is 1. The number of aromatic nitrogens is 1. The number of carboxylic acid groups (broad SMARTS) is 1. The van der Waals surface area contributed by atoms with Crippen LogP contribution in [-0.4, -0.2) is 66.8 Å². The minimum Gasteiger partial charge on any atom is -0.483 e. The highest BCUT2D eigenvalue weighted by Gasteiger charge is 2.33. The number of nitrogens with zero attached hydrogens (tertiary/aromatic N) is 4. The van der Waals surface area contributed by atoms with E-state index in [4.69, 9.17) is 19.9 Å². The summed E-state index contributed by atoms with van der Waals surface area (Å²) in [6.07, 6.45) is 8.12. The molecular weight excluding hydrogens is 396 g/mol. The van der Waals surface area contributed by atoms with Crippen molar-refractivity contribution in [3.63, 3.8) is 0 Å². The first-order valence-electron chi connectivity index (χ1n) is 11.2. The molecular formula is C23H32N4O4. The van der Waals surface area contributed by atoms with Gasteiger partial charge >= 0.3 is 0 Å². The summed E-state index contributed by atoms with van der Waals surface area (Å²) in [4.78, 5) is 30.0. The molecule has 0 aromatic carbocycles. The van der Waals surface area contributed by atoms with Gasteiger partial charge in [-0.1, -0.05) is 0 Å². The Morgan fingerprint density at radius 1 is 1.06 bits per heavy atom. The van der Waals surface area contributed by atoms with Gasteiger partial charge in [-0.15, -0.1) is 0 Å². The third-order valence-electron chi connectivity index (χ3n) is 6.83. The van der Waals surface area contributed by atoms with Crippen molar-refractivity contribution in [3.05, 3.63) is 23.9 Å². The lowest BCUT2D eigenvalue weighted by Crippen LogP contribution is -2.45. The van der Waals surface area contributed by atoms with Gasteiger partial charge in [-0.3, -0.25) is 9.59 Å². The Kier molecular flexibility index (Phi) is 8.65. The number of hydrogen-bond acceptors (Lipinski definition) is 6. The summed E-state index contributed by atoms with van der Waals surface area (Å²) in [7, 11) is 0. The van der Waals surface area contributed by atoms with E-state index in [1.54, 1.807) is 6.20 Å². The molecule has 1 aromatic rings. The van der Waals surface area contributed by atoms with E-state index >= 15 is 0 Å². The van der Waals surface area contributed by atoms with E-state index < -0.39 is 0 Å². The maximum absolute atomic E-state index is 12.7. The van der Waals surface area contributed by atoms with Gasteiger partial charge in [0.2, 0.25) is 5.91 Å². The van der Waals surface area contributed by atoms with E-state index in [1.807, 2.05) is 12.1 Å². The summed E-state index contributed by atoms with van der Waals surface area (Å²) in [5, 5.41) is 15.8. The van der Waals surface area contributed by atoms with Crippen molar-refractivity contribution in [2.24, 2.45) is 17.8 Å². The molecule has 3 fully saturated rings. The van der Waals surface area contributed by atoms with Crippen LogP contribution in [0.15, 0.2) is 18.3 Å². The fraction of sp³-hybridized carbons (Fsp3) is 0.652. The highest BCUT2D eigenvalue weighted by molar-refractivity contribution is 5.79. The number of ether oxygens (including phenoxy) is 1. The summed E-state index contributed by atoms with van der Waals surface area (Å²) in [5.41, 5.74) is 0.612. The van der Waals surface area contributed by atoms with Crippen LogP contribution in [0, 0.1) is 29.1 Å². The van der Waals surface area contributed by atoms with Crippen LogP contribution < -0.4 is 4.90 Å². The van der Waals surface area contributed by atoms with Gasteiger partial charge in [0.15, 0.2) is 0 Å². The fourth-order valence-corrected chi connectivity index (χ4v) is 5.03. The second-order valence-electron chi connectivity index (χ2n) is 8.50. The second-order valence-corrected chi connectivity index (χ2v) is 8.50. The second kappa shape index (κ2) is 11.7. The zero-order valence-electron chi connectivity index (χ0n) is 18.0. The van der Waals surface area contributed by atoms with E-state index in [0.717, 1.165) is 82.7 Å². The van der Waals surface area contributed by atoms with Crippen LogP contribution in [0.25, 0.3) is 0 Å². The van der Waals surface area contributed by atoms with Crippen molar-refractivity contribution < 1.29 is 19.4 Å². The molecule has 4 heterocycles. The van der Waals surface area contributed by atoms with Crippen LogP contribution in [-0.2, 0) is 14.3 Å². The topological polar surface area (TPSA) is 107 Å². The van der Waals surface area contributed by atoms with E-state index in [-0.39, 0.29) is 12.4 Å². The lowest BCUT2D eigenvalue weighted by molar-refractivity contribution is -0.140. The number of carbonyl (C=O) groups excluding carboxylic acids is 1. The number of anilines is 1. The predicted octanol–water partition coefficient (Wildman–Crippen LogP) is 2.54. The Morgan fingerprint density at radius 3 is 2.16 bits per heavy atom. The molecule has 0 saturated carbocycles. The largest absolute Gasteiger partial charge is 0.483 e. The van der Waals surface area contributed by atoms with Gasteiger partial charge in [-0.2, -0.15) is 5.26 Å². The first-order chi connectivity index (χ1) is 15.2. The number of amides is 1. The number of nitriles is 1. The van der Waals surface area contributed by atoms with Gasteiger partial charge in [0.05, 0.1) is 5.56 Å². The molecule has 1 amide bonds. The number of likely N-dealkylation sites (tertiary alicyclic amines) is 1. The summed E-state index contributed by atoms with van der Waals surface area (Å²) in [6.45, 7) is 5.14. The van der Waals surface area contributed by atoms with Crippen molar-refractivity contribution >= 4 is 18.2 Å². The maximum Gasteiger partial charge on any atom is 0.290 e. The summed E-state index contributed by atoms with van der Waals surface area (Å²) >= 11 is 0. The molecule has 0 atom stereocenters. The van der Waals surface area contributed by atoms with Crippen LogP contribution in [0.3, 0.4) is 0 Å². The van der Waals surface area contributed by atoms with Crippen LogP contribution in [0.2, 0.25) is 0 Å². The predicted molar refractivity (Wildman–Crippen MR) is 115 cm³/mol. The van der Waals surface area contributed by atoms with Crippen molar-refractivity contribution in [2.75, 3.05) is 44.3 Å². The Morgan fingerprint density at radius 2 is 1.65 bits per heavy atom. The van der Waals surface area contributed by atoms with Gasteiger partial charge in [-0.25, -0.2) is 4.98 Å². The molecule has 8 nitrogen and oxygen atoms in total. The molecule has 1 N–H and O–H groups in total. The van der Waals surface area contributed by atoms with Crippen LogP contribution in [0.4, 0.5) is 5.82 Å².